The normalized spacial score (nSPS) is 15.3. The van der Waals surface area contributed by atoms with Crippen molar-refractivity contribution in [2.45, 2.75) is 32.2 Å². The molecule has 0 spiro atoms. The number of para-hydroxylation sites is 1. The molecule has 0 saturated heterocycles. The number of aromatic nitrogens is 1. The maximum Gasteiger partial charge on any atom is 0.256 e. The minimum Gasteiger partial charge on any atom is -0.486 e. The van der Waals surface area contributed by atoms with Gasteiger partial charge in [-0.1, -0.05) is 18.2 Å². The third-order valence-corrected chi connectivity index (χ3v) is 5.74. The lowest BCUT2D eigenvalue weighted by Gasteiger charge is -2.21. The zero-order valence-corrected chi connectivity index (χ0v) is 16.1. The van der Waals surface area contributed by atoms with E-state index >= 15 is 0 Å². The summed E-state index contributed by atoms with van der Waals surface area (Å²) in [6.45, 7) is 1.66. The van der Waals surface area contributed by atoms with Gasteiger partial charge in [0.2, 0.25) is 0 Å². The van der Waals surface area contributed by atoms with Gasteiger partial charge in [-0.15, -0.1) is 0 Å². The SMILES string of the molecule is CN(Cc1ccc2c(c1)OCCO2)C(=O)c1cccc2c3c([nH]c12)CCCC3. The van der Waals surface area contributed by atoms with Crippen LogP contribution < -0.4 is 9.47 Å². The van der Waals surface area contributed by atoms with Crippen molar-refractivity contribution in [2.24, 2.45) is 0 Å². The van der Waals surface area contributed by atoms with Crippen LogP contribution in [0.15, 0.2) is 36.4 Å². The van der Waals surface area contributed by atoms with E-state index in [2.05, 4.69) is 11.1 Å². The van der Waals surface area contributed by atoms with E-state index in [1.54, 1.807) is 4.90 Å². The lowest BCUT2D eigenvalue weighted by Crippen LogP contribution is -2.26. The Morgan fingerprint density at radius 1 is 1.07 bits per heavy atom. The number of nitrogens with one attached hydrogen (secondary N) is 1. The van der Waals surface area contributed by atoms with E-state index in [1.165, 1.54) is 29.5 Å². The molecule has 28 heavy (non-hydrogen) atoms. The number of hydrogen-bond donors (Lipinski definition) is 1. The Morgan fingerprint density at radius 2 is 1.89 bits per heavy atom. The molecule has 5 heteroatoms. The number of rotatable bonds is 3. The van der Waals surface area contributed by atoms with Crippen LogP contribution in [0.25, 0.3) is 10.9 Å². The molecule has 0 fully saturated rings. The van der Waals surface area contributed by atoms with Crippen molar-refractivity contribution in [1.29, 1.82) is 0 Å². The molecule has 1 aliphatic heterocycles. The fourth-order valence-corrected chi connectivity index (χ4v) is 4.35. The summed E-state index contributed by atoms with van der Waals surface area (Å²) in [5.41, 5.74) is 5.44. The number of carbonyl (C=O) groups is 1. The zero-order valence-electron chi connectivity index (χ0n) is 16.1. The lowest BCUT2D eigenvalue weighted by atomic mass is 9.95. The Balaban J connectivity index is 1.42. The summed E-state index contributed by atoms with van der Waals surface area (Å²) in [5.74, 6) is 1.55. The first-order valence-corrected chi connectivity index (χ1v) is 9.97. The summed E-state index contributed by atoms with van der Waals surface area (Å²) in [6.07, 6.45) is 4.61. The fraction of sp³-hybridized carbons (Fsp3) is 0.348. The second-order valence-corrected chi connectivity index (χ2v) is 7.66. The van der Waals surface area contributed by atoms with Crippen LogP contribution in [-0.4, -0.2) is 36.1 Å². The molecule has 2 aromatic carbocycles. The van der Waals surface area contributed by atoms with Gasteiger partial charge in [-0.3, -0.25) is 4.79 Å². The Bertz CT molecular complexity index is 1050. The Hall–Kier alpha value is -2.95. The van der Waals surface area contributed by atoms with Crippen molar-refractivity contribution < 1.29 is 14.3 Å². The first-order valence-electron chi connectivity index (χ1n) is 9.97. The molecular formula is C23H24N2O3. The van der Waals surface area contributed by atoms with Gasteiger partial charge in [0.05, 0.1) is 11.1 Å². The molecule has 0 atom stereocenters. The van der Waals surface area contributed by atoms with Crippen molar-refractivity contribution in [1.82, 2.24) is 9.88 Å². The van der Waals surface area contributed by atoms with Crippen LogP contribution in [0.1, 0.15) is 40.0 Å². The van der Waals surface area contributed by atoms with Crippen LogP contribution in [-0.2, 0) is 19.4 Å². The quantitative estimate of drug-likeness (QED) is 0.749. The monoisotopic (exact) mass is 376 g/mol. The number of amides is 1. The first kappa shape index (κ1) is 17.2. The van der Waals surface area contributed by atoms with E-state index in [1.807, 2.05) is 37.4 Å². The third kappa shape index (κ3) is 2.91. The largest absolute Gasteiger partial charge is 0.486 e. The Labute approximate surface area is 164 Å². The molecule has 1 aliphatic carbocycles. The van der Waals surface area contributed by atoms with Crippen LogP contribution in [0.5, 0.6) is 11.5 Å². The minimum absolute atomic E-state index is 0.0269. The molecule has 5 nitrogen and oxygen atoms in total. The maximum absolute atomic E-state index is 13.2. The van der Waals surface area contributed by atoms with Crippen molar-refractivity contribution >= 4 is 16.8 Å². The van der Waals surface area contributed by atoms with E-state index in [0.29, 0.717) is 19.8 Å². The summed E-state index contributed by atoms with van der Waals surface area (Å²) in [4.78, 5) is 18.5. The second kappa shape index (κ2) is 6.89. The lowest BCUT2D eigenvalue weighted by molar-refractivity contribution is 0.0786. The molecule has 5 rings (SSSR count). The fourth-order valence-electron chi connectivity index (χ4n) is 4.35. The molecule has 0 saturated carbocycles. The highest BCUT2D eigenvalue weighted by Crippen LogP contribution is 2.33. The van der Waals surface area contributed by atoms with Crippen molar-refractivity contribution in [3.8, 4) is 11.5 Å². The number of benzene rings is 2. The summed E-state index contributed by atoms with van der Waals surface area (Å²) in [7, 11) is 1.85. The van der Waals surface area contributed by atoms with Gasteiger partial charge in [-0.05, 0) is 55.0 Å². The van der Waals surface area contributed by atoms with Gasteiger partial charge in [-0.2, -0.15) is 0 Å². The molecule has 2 aliphatic rings. The standard InChI is InChI=1S/C23H24N2O3/c1-25(14-15-9-10-20-21(13-15)28-12-11-27-20)23(26)18-7-4-6-17-16-5-2-3-8-19(16)24-22(17)18/h4,6-7,9-10,13,24H,2-3,5,8,11-12,14H2,1H3. The first-order chi connectivity index (χ1) is 13.7. The predicted molar refractivity (Wildman–Crippen MR) is 108 cm³/mol. The van der Waals surface area contributed by atoms with Crippen molar-refractivity contribution in [3.63, 3.8) is 0 Å². The van der Waals surface area contributed by atoms with Crippen LogP contribution in [0.2, 0.25) is 0 Å². The van der Waals surface area contributed by atoms with Gasteiger partial charge in [-0.25, -0.2) is 0 Å². The van der Waals surface area contributed by atoms with E-state index in [4.69, 9.17) is 9.47 Å². The molecule has 2 heterocycles. The van der Waals surface area contributed by atoms with Crippen LogP contribution in [0, 0.1) is 0 Å². The van der Waals surface area contributed by atoms with Gasteiger partial charge in [0.15, 0.2) is 11.5 Å². The highest BCUT2D eigenvalue weighted by atomic mass is 16.6. The van der Waals surface area contributed by atoms with Gasteiger partial charge in [0.1, 0.15) is 13.2 Å². The highest BCUT2D eigenvalue weighted by Gasteiger charge is 2.21. The molecular weight excluding hydrogens is 352 g/mol. The second-order valence-electron chi connectivity index (χ2n) is 7.66. The van der Waals surface area contributed by atoms with Gasteiger partial charge in [0.25, 0.3) is 5.91 Å². The minimum atomic E-state index is 0.0269. The van der Waals surface area contributed by atoms with Crippen molar-refractivity contribution in [2.75, 3.05) is 20.3 Å². The molecule has 144 valence electrons. The average Bonchev–Trinajstić information content (AvgIpc) is 3.12. The average molecular weight is 376 g/mol. The topological polar surface area (TPSA) is 54.6 Å². The third-order valence-electron chi connectivity index (χ3n) is 5.74. The van der Waals surface area contributed by atoms with E-state index in [0.717, 1.165) is 41.0 Å². The van der Waals surface area contributed by atoms with Gasteiger partial charge >= 0.3 is 0 Å². The van der Waals surface area contributed by atoms with Crippen molar-refractivity contribution in [3.05, 3.63) is 58.8 Å². The predicted octanol–water partition coefficient (Wildman–Crippen LogP) is 4.09. The number of ether oxygens (including phenoxy) is 2. The zero-order chi connectivity index (χ0) is 19.1. The summed E-state index contributed by atoms with van der Waals surface area (Å²) >= 11 is 0. The number of nitrogens with zero attached hydrogens (tertiary/aromatic N) is 1. The Morgan fingerprint density at radius 3 is 2.79 bits per heavy atom. The Kier molecular flexibility index (Phi) is 4.23. The van der Waals surface area contributed by atoms with Gasteiger partial charge < -0.3 is 19.4 Å². The summed E-state index contributed by atoms with van der Waals surface area (Å²) in [6, 6.07) is 11.9. The van der Waals surface area contributed by atoms with E-state index < -0.39 is 0 Å². The molecule has 1 N–H and O–H groups in total. The van der Waals surface area contributed by atoms with Crippen LogP contribution in [0.4, 0.5) is 0 Å². The smallest absolute Gasteiger partial charge is 0.256 e. The molecule has 1 amide bonds. The number of H-pyrrole nitrogens is 1. The van der Waals surface area contributed by atoms with Crippen LogP contribution in [0.3, 0.4) is 0 Å². The van der Waals surface area contributed by atoms with E-state index in [-0.39, 0.29) is 5.91 Å². The van der Waals surface area contributed by atoms with Gasteiger partial charge in [0, 0.05) is 24.7 Å². The number of fused-ring (bicyclic) bond motifs is 4. The summed E-state index contributed by atoms with van der Waals surface area (Å²) < 4.78 is 11.2. The molecule has 0 bridgehead atoms. The number of carbonyl (C=O) groups excluding carboxylic acids is 1. The molecule has 1 aromatic heterocycles. The van der Waals surface area contributed by atoms with Crippen LogP contribution >= 0.6 is 0 Å². The number of hydrogen-bond acceptors (Lipinski definition) is 3. The molecule has 3 aromatic rings. The maximum atomic E-state index is 13.2. The molecule has 0 unspecified atom stereocenters. The highest BCUT2D eigenvalue weighted by molar-refractivity contribution is 6.06. The molecule has 0 radical (unpaired) electrons. The van der Waals surface area contributed by atoms with E-state index in [9.17, 15) is 4.79 Å². The summed E-state index contributed by atoms with van der Waals surface area (Å²) in [5, 5.41) is 1.20. The number of aryl methyl sites for hydroxylation is 2. The number of aromatic amines is 1.